The van der Waals surface area contributed by atoms with E-state index >= 15 is 0 Å². The molecular weight excluding hydrogens is 327 g/mol. The highest BCUT2D eigenvalue weighted by Gasteiger charge is 2.38. The van der Waals surface area contributed by atoms with E-state index in [0.29, 0.717) is 31.5 Å². The predicted molar refractivity (Wildman–Crippen MR) is 87.4 cm³/mol. The quantitative estimate of drug-likeness (QED) is 0.852. The molecule has 1 aliphatic rings. The molecule has 3 rings (SSSR count). The van der Waals surface area contributed by atoms with Gasteiger partial charge in [-0.2, -0.15) is 15.4 Å². The number of piperidine rings is 1. The molecule has 1 fully saturated rings. The lowest BCUT2D eigenvalue weighted by molar-refractivity contribution is -0.139. The number of H-pyrrole nitrogens is 1. The Morgan fingerprint density at radius 3 is 3.04 bits per heavy atom. The summed E-state index contributed by atoms with van der Waals surface area (Å²) in [5.74, 6) is -0.326. The molecular formula is C17H21FN4O3. The third-order valence-corrected chi connectivity index (χ3v) is 4.56. The Labute approximate surface area is 144 Å². The molecule has 25 heavy (non-hydrogen) atoms. The van der Waals surface area contributed by atoms with E-state index in [1.807, 2.05) is 0 Å². The number of aliphatic hydroxyl groups is 1. The van der Waals surface area contributed by atoms with Crippen LogP contribution in [0.15, 0.2) is 24.4 Å². The zero-order chi connectivity index (χ0) is 17.9. The molecule has 0 saturated carbocycles. The zero-order valence-corrected chi connectivity index (χ0v) is 14.0. The van der Waals surface area contributed by atoms with Crippen molar-refractivity contribution in [3.8, 4) is 5.75 Å². The van der Waals surface area contributed by atoms with Crippen LogP contribution in [0, 0.1) is 5.82 Å². The molecule has 2 N–H and O–H groups in total. The van der Waals surface area contributed by atoms with Crippen LogP contribution in [-0.4, -0.2) is 51.5 Å². The van der Waals surface area contributed by atoms with E-state index in [-0.39, 0.29) is 24.6 Å². The van der Waals surface area contributed by atoms with E-state index in [1.54, 1.807) is 17.0 Å². The summed E-state index contributed by atoms with van der Waals surface area (Å²) >= 11 is 0. The number of ether oxygens (including phenoxy) is 1. The van der Waals surface area contributed by atoms with Crippen LogP contribution in [-0.2, 0) is 16.8 Å². The average molecular weight is 348 g/mol. The minimum atomic E-state index is -1.17. The number of halogens is 1. The maximum atomic E-state index is 13.7. The predicted octanol–water partition coefficient (Wildman–Crippen LogP) is 1.40. The van der Waals surface area contributed by atoms with E-state index in [0.717, 1.165) is 5.56 Å². The molecule has 1 atom stereocenters. The van der Waals surface area contributed by atoms with Gasteiger partial charge in [-0.05, 0) is 37.0 Å². The molecule has 134 valence electrons. The third-order valence-electron chi connectivity index (χ3n) is 4.56. The highest BCUT2D eigenvalue weighted by Crippen LogP contribution is 2.30. The number of amides is 1. The number of aryl methyl sites for hydroxylation is 1. The lowest BCUT2D eigenvalue weighted by atomic mass is 9.90. The monoisotopic (exact) mass is 348 g/mol. The van der Waals surface area contributed by atoms with Crippen LogP contribution >= 0.6 is 0 Å². The van der Waals surface area contributed by atoms with Crippen molar-refractivity contribution in [1.82, 2.24) is 20.3 Å². The Bertz CT molecular complexity index is 737. The molecule has 2 aromatic rings. The van der Waals surface area contributed by atoms with Crippen molar-refractivity contribution in [3.63, 3.8) is 0 Å². The second kappa shape index (κ2) is 7.18. The number of rotatable bonds is 5. The van der Waals surface area contributed by atoms with E-state index in [2.05, 4.69) is 15.4 Å². The van der Waals surface area contributed by atoms with Gasteiger partial charge in [0.15, 0.2) is 11.6 Å². The Morgan fingerprint density at radius 1 is 1.52 bits per heavy atom. The fraction of sp³-hybridized carbons (Fsp3) is 0.471. The molecule has 1 aromatic heterocycles. The van der Waals surface area contributed by atoms with Gasteiger partial charge in [-0.25, -0.2) is 4.39 Å². The number of likely N-dealkylation sites (tertiary alicyclic amines) is 1. The van der Waals surface area contributed by atoms with Crippen LogP contribution in [0.25, 0.3) is 0 Å². The Balaban J connectivity index is 1.60. The van der Waals surface area contributed by atoms with Gasteiger partial charge in [0.25, 0.3) is 0 Å². The van der Waals surface area contributed by atoms with E-state index in [1.165, 1.54) is 19.4 Å². The Morgan fingerprint density at radius 2 is 2.36 bits per heavy atom. The molecule has 0 bridgehead atoms. The minimum absolute atomic E-state index is 0.0714. The smallest absolute Gasteiger partial charge is 0.223 e. The van der Waals surface area contributed by atoms with E-state index in [4.69, 9.17) is 4.74 Å². The van der Waals surface area contributed by atoms with Gasteiger partial charge >= 0.3 is 0 Å². The molecule has 1 aliphatic heterocycles. The molecule has 8 heteroatoms. The van der Waals surface area contributed by atoms with Gasteiger partial charge in [-0.15, -0.1) is 0 Å². The number of aromatic nitrogens is 3. The van der Waals surface area contributed by atoms with Crippen molar-refractivity contribution in [1.29, 1.82) is 0 Å². The first kappa shape index (κ1) is 17.3. The summed E-state index contributed by atoms with van der Waals surface area (Å²) in [6.07, 6.45) is 3.38. The molecule has 0 radical (unpaired) electrons. The van der Waals surface area contributed by atoms with E-state index in [9.17, 15) is 14.3 Å². The molecule has 1 aromatic carbocycles. The lowest BCUT2D eigenvalue weighted by Crippen LogP contribution is -2.48. The van der Waals surface area contributed by atoms with Crippen LogP contribution in [0.3, 0.4) is 0 Å². The average Bonchev–Trinajstić information content (AvgIpc) is 3.15. The highest BCUT2D eigenvalue weighted by atomic mass is 19.1. The summed E-state index contributed by atoms with van der Waals surface area (Å²) in [5.41, 5.74) is 0.00490. The van der Waals surface area contributed by atoms with Crippen molar-refractivity contribution >= 4 is 5.91 Å². The number of aromatic amines is 1. The molecule has 0 spiro atoms. The first-order valence-corrected chi connectivity index (χ1v) is 8.21. The number of hydrogen-bond donors (Lipinski definition) is 2. The molecule has 0 aliphatic carbocycles. The largest absolute Gasteiger partial charge is 0.494 e. The fourth-order valence-electron chi connectivity index (χ4n) is 3.16. The minimum Gasteiger partial charge on any atom is -0.494 e. The SMILES string of the molecule is COc1ccc(CCC(=O)N2CCCC(O)(c3cn[nH]n3)C2)cc1F. The Kier molecular flexibility index (Phi) is 4.98. The summed E-state index contributed by atoms with van der Waals surface area (Å²) in [6, 6.07) is 4.69. The van der Waals surface area contributed by atoms with Crippen molar-refractivity contribution < 1.29 is 19.0 Å². The Hall–Kier alpha value is -2.48. The van der Waals surface area contributed by atoms with Crippen LogP contribution < -0.4 is 4.74 Å². The number of benzene rings is 1. The number of carbonyl (C=O) groups is 1. The molecule has 2 heterocycles. The number of β-amino-alcohol motifs (C(OH)–C–C–N with tert-alkyl or cyclic N) is 1. The lowest BCUT2D eigenvalue weighted by Gasteiger charge is -2.38. The number of methoxy groups -OCH3 is 1. The van der Waals surface area contributed by atoms with Gasteiger partial charge in [0.2, 0.25) is 5.91 Å². The van der Waals surface area contributed by atoms with Crippen molar-refractivity contribution in [3.05, 3.63) is 41.5 Å². The molecule has 1 amide bonds. The fourth-order valence-corrected chi connectivity index (χ4v) is 3.16. The number of nitrogens with one attached hydrogen (secondary N) is 1. The van der Waals surface area contributed by atoms with Crippen LogP contribution in [0.1, 0.15) is 30.5 Å². The number of nitrogens with zero attached hydrogens (tertiary/aromatic N) is 3. The second-order valence-corrected chi connectivity index (χ2v) is 6.27. The maximum Gasteiger partial charge on any atom is 0.223 e. The number of carbonyl (C=O) groups excluding carboxylic acids is 1. The van der Waals surface area contributed by atoms with E-state index < -0.39 is 11.4 Å². The van der Waals surface area contributed by atoms with Gasteiger partial charge in [0, 0.05) is 13.0 Å². The van der Waals surface area contributed by atoms with Crippen molar-refractivity contribution in [2.45, 2.75) is 31.3 Å². The van der Waals surface area contributed by atoms with Crippen LogP contribution in [0.2, 0.25) is 0 Å². The first-order valence-electron chi connectivity index (χ1n) is 8.21. The molecule has 1 saturated heterocycles. The van der Waals surface area contributed by atoms with Crippen molar-refractivity contribution in [2.75, 3.05) is 20.2 Å². The van der Waals surface area contributed by atoms with Crippen molar-refractivity contribution in [2.24, 2.45) is 0 Å². The zero-order valence-electron chi connectivity index (χ0n) is 14.0. The summed E-state index contributed by atoms with van der Waals surface area (Å²) in [7, 11) is 1.41. The summed E-state index contributed by atoms with van der Waals surface area (Å²) in [5, 5.41) is 20.9. The van der Waals surface area contributed by atoms with Gasteiger partial charge in [-0.1, -0.05) is 6.07 Å². The van der Waals surface area contributed by atoms with Gasteiger partial charge in [0.1, 0.15) is 11.3 Å². The third kappa shape index (κ3) is 3.79. The summed E-state index contributed by atoms with van der Waals surface area (Å²) in [4.78, 5) is 14.1. The second-order valence-electron chi connectivity index (χ2n) is 6.27. The highest BCUT2D eigenvalue weighted by molar-refractivity contribution is 5.76. The molecule has 1 unspecified atom stereocenters. The summed E-state index contributed by atoms with van der Waals surface area (Å²) in [6.45, 7) is 0.783. The first-order chi connectivity index (χ1) is 12.0. The molecule has 7 nitrogen and oxygen atoms in total. The topological polar surface area (TPSA) is 91.3 Å². The van der Waals surface area contributed by atoms with Gasteiger partial charge in [-0.3, -0.25) is 4.79 Å². The number of hydrogen-bond acceptors (Lipinski definition) is 5. The van der Waals surface area contributed by atoms with Crippen LogP contribution in [0.4, 0.5) is 4.39 Å². The van der Waals surface area contributed by atoms with Gasteiger partial charge in [0.05, 0.1) is 19.9 Å². The van der Waals surface area contributed by atoms with Crippen LogP contribution in [0.5, 0.6) is 5.75 Å². The van der Waals surface area contributed by atoms with Gasteiger partial charge < -0.3 is 14.7 Å². The standard InChI is InChI=1S/C17H21FN4O3/c1-25-14-5-3-12(9-13(14)18)4-6-16(23)22-8-2-7-17(24,11-22)15-10-19-21-20-15/h3,5,9-10,24H,2,4,6-8,11H2,1H3,(H,19,20,21). The maximum absolute atomic E-state index is 13.7. The summed E-state index contributed by atoms with van der Waals surface area (Å²) < 4.78 is 18.6. The normalized spacial score (nSPS) is 20.5.